The van der Waals surface area contributed by atoms with Crippen LogP contribution in [0.4, 0.5) is 15.8 Å². The van der Waals surface area contributed by atoms with Gasteiger partial charge < -0.3 is 10.1 Å². The van der Waals surface area contributed by atoms with Crippen LogP contribution in [-0.2, 0) is 15.1 Å². The number of nitro benzene ring substituents is 1. The molecule has 3 aliphatic rings. The molecule has 1 unspecified atom stereocenters. The van der Waals surface area contributed by atoms with Gasteiger partial charge in [-0.05, 0) is 62.4 Å². The monoisotopic (exact) mass is 698 g/mol. The zero-order valence-corrected chi connectivity index (χ0v) is 27.2. The number of carbonyl (C=O) groups excluding carboxylic acids is 3. The molecule has 6 rings (SSSR count). The molecule has 250 valence electrons. The fourth-order valence-corrected chi connectivity index (χ4v) is 7.86. The summed E-state index contributed by atoms with van der Waals surface area (Å²) in [5.41, 5.74) is -2.19. The van der Waals surface area contributed by atoms with Crippen molar-refractivity contribution in [2.45, 2.75) is 56.1 Å². The molecule has 12 nitrogen and oxygen atoms in total. The Morgan fingerprint density at radius 3 is 2.46 bits per heavy atom. The number of carbonyl (C=O) groups is 3. The highest BCUT2D eigenvalue weighted by molar-refractivity contribution is 6.31. The molecule has 2 fully saturated rings. The van der Waals surface area contributed by atoms with E-state index < -0.39 is 62.6 Å². The van der Waals surface area contributed by atoms with Gasteiger partial charge in [0.05, 0.1) is 40.1 Å². The van der Waals surface area contributed by atoms with Gasteiger partial charge in [-0.2, -0.15) is 0 Å². The Hall–Kier alpha value is -4.46. The van der Waals surface area contributed by atoms with Crippen LogP contribution in [0.5, 0.6) is 0 Å². The number of ether oxygens (including phenoxy) is 1. The molecule has 2 heterocycles. The van der Waals surface area contributed by atoms with Gasteiger partial charge in [-0.15, -0.1) is 0 Å². The van der Waals surface area contributed by atoms with E-state index in [9.17, 15) is 34.6 Å². The first-order valence-electron chi connectivity index (χ1n) is 15.2. The zero-order valence-electron chi connectivity index (χ0n) is 25.7. The fourth-order valence-electron chi connectivity index (χ4n) is 7.50. The van der Waals surface area contributed by atoms with Crippen LogP contribution < -0.4 is 5.32 Å². The molecule has 0 aromatic heterocycles. The van der Waals surface area contributed by atoms with Crippen LogP contribution in [0, 0.1) is 38.9 Å². The van der Waals surface area contributed by atoms with Crippen LogP contribution in [0.2, 0.25) is 10.0 Å². The van der Waals surface area contributed by atoms with Crippen molar-refractivity contribution in [1.82, 2.24) is 4.90 Å². The van der Waals surface area contributed by atoms with Crippen molar-refractivity contribution < 1.29 is 33.4 Å². The Balaban J connectivity index is 1.49. The number of nitro groups is 2. The van der Waals surface area contributed by atoms with Crippen molar-refractivity contribution in [2.75, 3.05) is 19.0 Å². The molecular formula is C33H29Cl2FN4O8. The number of halogens is 3. The molecule has 1 spiro atoms. The molecule has 48 heavy (non-hydrogen) atoms. The molecule has 3 aromatic rings. The van der Waals surface area contributed by atoms with E-state index in [1.807, 2.05) is 0 Å². The molecule has 1 N–H and O–H groups in total. The third-order valence-corrected chi connectivity index (χ3v) is 10.3. The topological polar surface area (TPSA) is 162 Å². The summed E-state index contributed by atoms with van der Waals surface area (Å²) in [6, 6.07) is 8.57. The number of hydrogen-bond acceptors (Lipinski definition) is 9. The second-order valence-electron chi connectivity index (χ2n) is 12.3. The summed E-state index contributed by atoms with van der Waals surface area (Å²) in [5.74, 6) is -4.30. The highest BCUT2D eigenvalue weighted by Crippen LogP contribution is 2.60. The van der Waals surface area contributed by atoms with Crippen LogP contribution in [0.1, 0.15) is 69.0 Å². The lowest BCUT2D eigenvalue weighted by molar-refractivity contribution is -0.528. The Bertz CT molecular complexity index is 1900. The average Bonchev–Trinajstić information content (AvgIpc) is 3.76. The van der Waals surface area contributed by atoms with E-state index >= 15 is 4.39 Å². The van der Waals surface area contributed by atoms with E-state index in [0.717, 1.165) is 26.0 Å². The van der Waals surface area contributed by atoms with Crippen molar-refractivity contribution in [3.05, 3.63) is 112 Å². The third-order valence-electron chi connectivity index (χ3n) is 9.72. The summed E-state index contributed by atoms with van der Waals surface area (Å²) in [4.78, 5) is 65.9. The number of anilines is 1. The van der Waals surface area contributed by atoms with Crippen molar-refractivity contribution in [2.24, 2.45) is 5.92 Å². The Kier molecular flexibility index (Phi) is 8.73. The Morgan fingerprint density at radius 1 is 1.10 bits per heavy atom. The fraction of sp³-hybridized carbons (Fsp3) is 0.364. The summed E-state index contributed by atoms with van der Waals surface area (Å²) in [5, 5.41) is 28.1. The maximum atomic E-state index is 16.0. The highest BCUT2D eigenvalue weighted by atomic mass is 35.5. The number of ketones is 1. The lowest BCUT2D eigenvalue weighted by Crippen LogP contribution is -2.52. The first-order valence-corrected chi connectivity index (χ1v) is 15.9. The normalized spacial score (nSPS) is 23.2. The second-order valence-corrected chi connectivity index (χ2v) is 13.2. The molecule has 0 radical (unpaired) electrons. The lowest BCUT2D eigenvalue weighted by atomic mass is 9.73. The van der Waals surface area contributed by atoms with Crippen LogP contribution in [0.25, 0.3) is 0 Å². The minimum atomic E-state index is -1.77. The molecule has 2 aliphatic heterocycles. The zero-order chi connectivity index (χ0) is 34.7. The predicted octanol–water partition coefficient (Wildman–Crippen LogP) is 6.47. The average molecular weight is 700 g/mol. The molecule has 1 aliphatic carbocycles. The quantitative estimate of drug-likeness (QED) is 0.108. The van der Waals surface area contributed by atoms with E-state index in [0.29, 0.717) is 16.3 Å². The maximum Gasteiger partial charge on any atom is 0.338 e. The van der Waals surface area contributed by atoms with E-state index in [1.165, 1.54) is 37.3 Å². The minimum absolute atomic E-state index is 0.0644. The van der Waals surface area contributed by atoms with Crippen LogP contribution >= 0.6 is 23.2 Å². The SMILES string of the molecule is COC(=O)c1ccc(C(=O)CC[C@H]2C([N+](=O)[O-])[C@H](c3cccc(Cl)c3F)[C@]3(C(=O)Nc4cc(Cl)ccc43)N2CC2CC2)c([N+](=O)[O-])c1C. The Morgan fingerprint density at radius 2 is 1.81 bits per heavy atom. The van der Waals surface area contributed by atoms with Crippen LogP contribution in [-0.4, -0.2) is 58.1 Å². The maximum absolute atomic E-state index is 16.0. The van der Waals surface area contributed by atoms with Gasteiger partial charge >= 0.3 is 5.97 Å². The predicted molar refractivity (Wildman–Crippen MR) is 173 cm³/mol. The summed E-state index contributed by atoms with van der Waals surface area (Å²) in [6.07, 6.45) is 1.04. The van der Waals surface area contributed by atoms with E-state index in [2.05, 4.69) is 5.32 Å². The Labute approximate surface area is 283 Å². The van der Waals surface area contributed by atoms with Crippen molar-refractivity contribution in [3.8, 4) is 0 Å². The highest BCUT2D eigenvalue weighted by Gasteiger charge is 2.71. The molecule has 1 amide bonds. The van der Waals surface area contributed by atoms with Gasteiger partial charge in [0.25, 0.3) is 11.6 Å². The molecule has 4 atom stereocenters. The van der Waals surface area contributed by atoms with Crippen molar-refractivity contribution in [1.29, 1.82) is 0 Å². The van der Waals surface area contributed by atoms with Gasteiger partial charge in [-0.3, -0.25) is 34.7 Å². The second kappa shape index (κ2) is 12.5. The first-order chi connectivity index (χ1) is 22.8. The molecule has 0 bridgehead atoms. The number of methoxy groups -OCH3 is 1. The number of fused-ring (bicyclic) bond motifs is 2. The number of hydrogen-bond donors (Lipinski definition) is 1. The summed E-state index contributed by atoms with van der Waals surface area (Å²) in [6.45, 7) is 1.57. The number of nitrogens with zero attached hydrogens (tertiary/aromatic N) is 3. The van der Waals surface area contributed by atoms with E-state index in [-0.39, 0.29) is 52.6 Å². The summed E-state index contributed by atoms with van der Waals surface area (Å²) in [7, 11) is 1.13. The van der Waals surface area contributed by atoms with Gasteiger partial charge in [0.2, 0.25) is 6.04 Å². The van der Waals surface area contributed by atoms with Crippen LogP contribution in [0.3, 0.4) is 0 Å². The molecule has 1 saturated carbocycles. The third kappa shape index (κ3) is 5.30. The summed E-state index contributed by atoms with van der Waals surface area (Å²) >= 11 is 12.5. The minimum Gasteiger partial charge on any atom is -0.465 e. The van der Waals surface area contributed by atoms with Gasteiger partial charge in [-0.25, -0.2) is 9.18 Å². The van der Waals surface area contributed by atoms with Gasteiger partial charge in [0, 0.05) is 45.3 Å². The lowest BCUT2D eigenvalue weighted by Gasteiger charge is -2.38. The van der Waals surface area contributed by atoms with E-state index in [1.54, 1.807) is 17.0 Å². The number of benzene rings is 3. The molecular weight excluding hydrogens is 670 g/mol. The van der Waals surface area contributed by atoms with Crippen molar-refractivity contribution >= 4 is 52.2 Å². The standard InChI is InChI=1S/C33H29Cl2FN4O8/c1-16-19(31(42)48-2)9-10-20(29(16)39(44)45)26(41)13-12-25-30(40(46)47)27(21-4-3-5-23(35)28(21)36)33(38(25)15-17-6-7-17)22-11-8-18(34)14-24(22)37-32(33)43/h3-5,8-11,14,17,25,27,30H,6-7,12-13,15H2,1-2H3,(H,37,43)/t25-,27-,30?,33+/m0/s1. The first kappa shape index (κ1) is 33.4. The number of nitrogens with one attached hydrogen (secondary N) is 1. The van der Waals surface area contributed by atoms with Gasteiger partial charge in [0.1, 0.15) is 11.4 Å². The van der Waals surface area contributed by atoms with Crippen LogP contribution in [0.15, 0.2) is 48.5 Å². The molecule has 15 heteroatoms. The largest absolute Gasteiger partial charge is 0.465 e. The molecule has 1 saturated heterocycles. The number of amides is 1. The number of esters is 1. The van der Waals surface area contributed by atoms with Gasteiger partial charge in [-0.1, -0.05) is 41.4 Å². The van der Waals surface area contributed by atoms with Gasteiger partial charge in [0.15, 0.2) is 5.78 Å². The van der Waals surface area contributed by atoms with E-state index in [4.69, 9.17) is 27.9 Å². The van der Waals surface area contributed by atoms with Crippen molar-refractivity contribution in [3.63, 3.8) is 0 Å². The summed E-state index contributed by atoms with van der Waals surface area (Å²) < 4.78 is 20.7. The smallest absolute Gasteiger partial charge is 0.338 e. The number of rotatable bonds is 10. The molecule has 3 aromatic carbocycles. The number of likely N-dealkylation sites (tertiary alicyclic amines) is 1. The number of Topliss-reactive ketones (excluding diaryl/α,β-unsaturated/α-hetero) is 1.